The Morgan fingerprint density at radius 1 is 1.35 bits per heavy atom. The van der Waals surface area contributed by atoms with E-state index in [9.17, 15) is 4.79 Å². The molecule has 0 amide bonds. The van der Waals surface area contributed by atoms with Crippen LogP contribution in [-0.4, -0.2) is 34.7 Å². The highest BCUT2D eigenvalue weighted by Crippen LogP contribution is 2.29. The van der Waals surface area contributed by atoms with Gasteiger partial charge in [-0.1, -0.05) is 33.6 Å². The Labute approximate surface area is 110 Å². The van der Waals surface area contributed by atoms with Crippen molar-refractivity contribution in [3.63, 3.8) is 0 Å². The molecule has 0 saturated heterocycles. The smallest absolute Gasteiger partial charge is 0.320 e. The summed E-state index contributed by atoms with van der Waals surface area (Å²) in [6.45, 7) is 7.21. The van der Waals surface area contributed by atoms with E-state index in [1.165, 1.54) is 0 Å². The van der Waals surface area contributed by atoms with Crippen molar-refractivity contribution in [2.45, 2.75) is 63.7 Å². The average Bonchev–Trinajstić information content (AvgIpc) is 2.34. The van der Waals surface area contributed by atoms with Crippen LogP contribution in [0.1, 0.15) is 52.9 Å². The summed E-state index contributed by atoms with van der Waals surface area (Å²) in [7, 11) is 0. The summed E-state index contributed by atoms with van der Waals surface area (Å²) in [5.74, 6) is -0.722. The molecule has 4 heteroatoms. The number of nitrogens with one attached hydrogen (secondary N) is 1. The number of rotatable bonds is 10. The van der Waals surface area contributed by atoms with Gasteiger partial charge in [0.25, 0.3) is 0 Å². The van der Waals surface area contributed by atoms with Crippen molar-refractivity contribution in [1.29, 1.82) is 0 Å². The van der Waals surface area contributed by atoms with Crippen molar-refractivity contribution in [3.8, 4) is 0 Å². The van der Waals surface area contributed by atoms with Gasteiger partial charge in [-0.2, -0.15) is 11.8 Å². The molecule has 1 unspecified atom stereocenters. The predicted molar refractivity (Wildman–Crippen MR) is 75.8 cm³/mol. The van der Waals surface area contributed by atoms with Crippen molar-refractivity contribution in [2.24, 2.45) is 0 Å². The molecule has 0 aromatic heterocycles. The Morgan fingerprint density at radius 2 is 1.94 bits per heavy atom. The van der Waals surface area contributed by atoms with Crippen LogP contribution in [0.15, 0.2) is 0 Å². The van der Waals surface area contributed by atoms with Gasteiger partial charge in [-0.3, -0.25) is 4.79 Å². The first-order chi connectivity index (χ1) is 8.05. The van der Waals surface area contributed by atoms with Crippen molar-refractivity contribution in [2.75, 3.05) is 12.8 Å². The van der Waals surface area contributed by atoms with E-state index in [2.05, 4.69) is 32.3 Å². The fourth-order valence-corrected chi connectivity index (χ4v) is 2.70. The van der Waals surface area contributed by atoms with Crippen LogP contribution in [-0.2, 0) is 4.79 Å². The first-order valence-electron chi connectivity index (χ1n) is 6.56. The van der Waals surface area contributed by atoms with Gasteiger partial charge in [-0.15, -0.1) is 0 Å². The highest BCUT2D eigenvalue weighted by atomic mass is 32.2. The van der Waals surface area contributed by atoms with Crippen LogP contribution in [0.2, 0.25) is 0 Å². The molecule has 1 atom stereocenters. The Morgan fingerprint density at radius 3 is 2.29 bits per heavy atom. The molecule has 0 aromatic rings. The lowest BCUT2D eigenvalue weighted by Gasteiger charge is -2.31. The maximum atomic E-state index is 11.1. The van der Waals surface area contributed by atoms with E-state index in [-0.39, 0.29) is 10.8 Å². The summed E-state index contributed by atoms with van der Waals surface area (Å²) in [4.78, 5) is 11.1. The molecule has 0 aromatic carbocycles. The van der Waals surface area contributed by atoms with E-state index in [0.29, 0.717) is 0 Å². The molecule has 0 aliphatic carbocycles. The number of aliphatic carboxylic acids is 1. The molecule has 17 heavy (non-hydrogen) atoms. The molecule has 3 nitrogen and oxygen atoms in total. The third kappa shape index (κ3) is 5.77. The van der Waals surface area contributed by atoms with Crippen LogP contribution < -0.4 is 5.32 Å². The number of unbranched alkanes of at least 4 members (excludes halogenated alkanes) is 1. The van der Waals surface area contributed by atoms with Gasteiger partial charge in [0.05, 0.1) is 0 Å². The molecule has 0 rings (SSSR count). The largest absolute Gasteiger partial charge is 0.480 e. The van der Waals surface area contributed by atoms with Gasteiger partial charge in [-0.05, 0) is 25.5 Å². The monoisotopic (exact) mass is 261 g/mol. The van der Waals surface area contributed by atoms with Crippen LogP contribution >= 0.6 is 11.8 Å². The minimum absolute atomic E-state index is 0.180. The van der Waals surface area contributed by atoms with E-state index >= 15 is 0 Å². The Hall–Kier alpha value is -0.220. The zero-order valence-corrected chi connectivity index (χ0v) is 12.4. The van der Waals surface area contributed by atoms with Crippen molar-refractivity contribution >= 4 is 17.7 Å². The maximum absolute atomic E-state index is 11.1. The standard InChI is InChI=1S/C13H27NO2S/c1-5-8-9-11(12(15)16)14-10-13(6-2,7-3)17-4/h11,14H,5-10H2,1-4H3,(H,15,16). The summed E-state index contributed by atoms with van der Waals surface area (Å²) in [5.41, 5.74) is 0. The lowest BCUT2D eigenvalue weighted by molar-refractivity contribution is -0.139. The zero-order valence-electron chi connectivity index (χ0n) is 11.6. The minimum atomic E-state index is -0.722. The van der Waals surface area contributed by atoms with Gasteiger partial charge in [0.2, 0.25) is 0 Å². The van der Waals surface area contributed by atoms with E-state index in [0.717, 1.165) is 38.6 Å². The van der Waals surface area contributed by atoms with Gasteiger partial charge in [0.15, 0.2) is 0 Å². The fraction of sp³-hybridized carbons (Fsp3) is 0.923. The number of thioether (sulfide) groups is 1. The lowest BCUT2D eigenvalue weighted by atomic mass is 10.0. The Bertz CT molecular complexity index is 209. The Kier molecular flexibility index (Phi) is 8.70. The zero-order chi connectivity index (χ0) is 13.3. The molecule has 2 N–H and O–H groups in total. The van der Waals surface area contributed by atoms with E-state index in [4.69, 9.17) is 5.11 Å². The first kappa shape index (κ1) is 16.8. The molecule has 0 bridgehead atoms. The summed E-state index contributed by atoms with van der Waals surface area (Å²) in [6.07, 6.45) is 6.98. The molecular weight excluding hydrogens is 234 g/mol. The summed E-state index contributed by atoms with van der Waals surface area (Å²) in [6, 6.07) is -0.389. The quantitative estimate of drug-likeness (QED) is 0.634. The molecule has 0 aliphatic rings. The third-order valence-electron chi connectivity index (χ3n) is 3.54. The third-order valence-corrected chi connectivity index (χ3v) is 5.12. The summed E-state index contributed by atoms with van der Waals surface area (Å²) < 4.78 is 0.180. The maximum Gasteiger partial charge on any atom is 0.320 e. The highest BCUT2D eigenvalue weighted by molar-refractivity contribution is 8.00. The van der Waals surface area contributed by atoms with Crippen molar-refractivity contribution in [3.05, 3.63) is 0 Å². The number of carboxylic acid groups (broad SMARTS) is 1. The van der Waals surface area contributed by atoms with Crippen molar-refractivity contribution < 1.29 is 9.90 Å². The normalized spacial score (nSPS) is 13.6. The highest BCUT2D eigenvalue weighted by Gasteiger charge is 2.27. The molecular formula is C13H27NO2S. The molecule has 0 saturated carbocycles. The number of carbonyl (C=O) groups is 1. The summed E-state index contributed by atoms with van der Waals surface area (Å²) in [5, 5.41) is 12.4. The van der Waals surface area contributed by atoms with Crippen LogP contribution in [0.4, 0.5) is 0 Å². The van der Waals surface area contributed by atoms with Gasteiger partial charge in [-0.25, -0.2) is 0 Å². The minimum Gasteiger partial charge on any atom is -0.480 e. The van der Waals surface area contributed by atoms with Gasteiger partial charge in [0.1, 0.15) is 6.04 Å². The SMILES string of the molecule is CCCCC(NCC(CC)(CC)SC)C(=O)O. The molecule has 0 heterocycles. The number of hydrogen-bond donors (Lipinski definition) is 2. The molecule has 102 valence electrons. The second-order valence-electron chi connectivity index (χ2n) is 4.51. The fourth-order valence-electron chi connectivity index (χ4n) is 1.89. The molecule has 0 radical (unpaired) electrons. The van der Waals surface area contributed by atoms with Crippen LogP contribution in [0, 0.1) is 0 Å². The van der Waals surface area contributed by atoms with E-state index < -0.39 is 5.97 Å². The van der Waals surface area contributed by atoms with E-state index in [1.54, 1.807) is 0 Å². The molecule has 0 aliphatic heterocycles. The molecule has 0 fully saturated rings. The van der Waals surface area contributed by atoms with Crippen LogP contribution in [0.25, 0.3) is 0 Å². The van der Waals surface area contributed by atoms with Gasteiger partial charge < -0.3 is 10.4 Å². The predicted octanol–water partition coefficient (Wildman–Crippen LogP) is 3.14. The number of carboxylic acids is 1. The van der Waals surface area contributed by atoms with Gasteiger partial charge >= 0.3 is 5.97 Å². The van der Waals surface area contributed by atoms with Crippen LogP contribution in [0.5, 0.6) is 0 Å². The molecule has 0 spiro atoms. The van der Waals surface area contributed by atoms with Crippen LogP contribution in [0.3, 0.4) is 0 Å². The second kappa shape index (κ2) is 8.81. The lowest BCUT2D eigenvalue weighted by Crippen LogP contribution is -2.45. The topological polar surface area (TPSA) is 49.3 Å². The van der Waals surface area contributed by atoms with Gasteiger partial charge in [0, 0.05) is 11.3 Å². The summed E-state index contributed by atoms with van der Waals surface area (Å²) >= 11 is 1.84. The Balaban J connectivity index is 4.31. The average molecular weight is 261 g/mol. The first-order valence-corrected chi connectivity index (χ1v) is 7.79. The number of hydrogen-bond acceptors (Lipinski definition) is 3. The van der Waals surface area contributed by atoms with E-state index in [1.807, 2.05) is 11.8 Å². The van der Waals surface area contributed by atoms with Crippen molar-refractivity contribution in [1.82, 2.24) is 5.32 Å². The second-order valence-corrected chi connectivity index (χ2v) is 5.78.